The predicted octanol–water partition coefficient (Wildman–Crippen LogP) is -0.308. The second-order valence-electron chi connectivity index (χ2n) is 2.69. The van der Waals surface area contributed by atoms with E-state index in [9.17, 15) is 18.0 Å². The quantitative estimate of drug-likeness (QED) is 0.662. The molecule has 0 radical (unpaired) electrons. The van der Waals surface area contributed by atoms with Gasteiger partial charge in [-0.3, -0.25) is 9.53 Å². The molecule has 1 amide bonds. The maximum absolute atomic E-state index is 11.6. The van der Waals surface area contributed by atoms with Crippen LogP contribution in [0.4, 0.5) is 13.2 Å². The van der Waals surface area contributed by atoms with Crippen molar-refractivity contribution in [3.8, 4) is 0 Å². The Balaban J connectivity index is 2.22. The Morgan fingerprint density at radius 3 is 2.46 bits per heavy atom. The molecule has 1 rings (SSSR count). The number of likely N-dealkylation sites (tertiary alicyclic amines) is 1. The fourth-order valence-electron chi connectivity index (χ4n) is 1.03. The van der Waals surface area contributed by atoms with Crippen LogP contribution in [0.25, 0.3) is 0 Å². The van der Waals surface area contributed by atoms with E-state index in [4.69, 9.17) is 5.73 Å². The molecule has 0 atom stereocenters. The van der Waals surface area contributed by atoms with E-state index in [1.807, 2.05) is 0 Å². The topological polar surface area (TPSA) is 55.6 Å². The first kappa shape index (κ1) is 10.3. The van der Waals surface area contributed by atoms with Crippen LogP contribution in [-0.4, -0.2) is 42.9 Å². The molecule has 4 nitrogen and oxygen atoms in total. The molecule has 0 aromatic rings. The van der Waals surface area contributed by atoms with Crippen molar-refractivity contribution in [2.75, 3.05) is 19.6 Å². The molecule has 0 bridgehead atoms. The monoisotopic (exact) mass is 198 g/mol. The highest BCUT2D eigenvalue weighted by Gasteiger charge is 2.40. The third-order valence-electron chi connectivity index (χ3n) is 1.68. The van der Waals surface area contributed by atoms with Crippen molar-refractivity contribution in [3.63, 3.8) is 0 Å². The van der Waals surface area contributed by atoms with Gasteiger partial charge < -0.3 is 10.6 Å². The SMILES string of the molecule is NCC(=O)N1CC(OC(F)(F)F)C1. The minimum absolute atomic E-state index is 0.0322. The standard InChI is InChI=1S/C6H9F3N2O2/c7-6(8,9)13-4-2-11(3-4)5(12)1-10/h4H,1-3,10H2. The van der Waals surface area contributed by atoms with Gasteiger partial charge in [-0.1, -0.05) is 0 Å². The van der Waals surface area contributed by atoms with Crippen LogP contribution in [-0.2, 0) is 9.53 Å². The van der Waals surface area contributed by atoms with Crippen LogP contribution in [0.5, 0.6) is 0 Å². The number of amides is 1. The summed E-state index contributed by atoms with van der Waals surface area (Å²) in [6.45, 7) is -0.246. The molecule has 1 aliphatic heterocycles. The van der Waals surface area contributed by atoms with Crippen LogP contribution in [0.3, 0.4) is 0 Å². The zero-order valence-corrected chi connectivity index (χ0v) is 6.67. The van der Waals surface area contributed by atoms with Crippen molar-refractivity contribution >= 4 is 5.91 Å². The average Bonchev–Trinajstić information content (AvgIpc) is 1.92. The van der Waals surface area contributed by atoms with Crippen LogP contribution >= 0.6 is 0 Å². The number of hydrogen-bond donors (Lipinski definition) is 1. The summed E-state index contributed by atoms with van der Waals surface area (Å²) < 4.78 is 38.4. The molecule has 0 unspecified atom stereocenters. The molecular weight excluding hydrogens is 189 g/mol. The van der Waals surface area contributed by atoms with Gasteiger partial charge in [0.25, 0.3) is 0 Å². The van der Waals surface area contributed by atoms with Crippen molar-refractivity contribution in [2.24, 2.45) is 5.73 Å². The maximum atomic E-state index is 11.6. The average molecular weight is 198 g/mol. The van der Waals surface area contributed by atoms with Crippen LogP contribution in [0.1, 0.15) is 0 Å². The number of carbonyl (C=O) groups excluding carboxylic acids is 1. The Morgan fingerprint density at radius 2 is 2.08 bits per heavy atom. The van der Waals surface area contributed by atoms with E-state index < -0.39 is 12.5 Å². The summed E-state index contributed by atoms with van der Waals surface area (Å²) in [6.07, 6.45) is -5.56. The van der Waals surface area contributed by atoms with Gasteiger partial charge in [0.05, 0.1) is 6.54 Å². The third kappa shape index (κ3) is 2.85. The first-order chi connectivity index (χ1) is 5.92. The molecule has 2 N–H and O–H groups in total. The number of alkyl halides is 3. The van der Waals surface area contributed by atoms with Crippen molar-refractivity contribution in [2.45, 2.75) is 12.5 Å². The molecule has 0 saturated carbocycles. The van der Waals surface area contributed by atoms with Crippen molar-refractivity contribution < 1.29 is 22.7 Å². The molecule has 13 heavy (non-hydrogen) atoms. The number of carbonyl (C=O) groups is 1. The number of nitrogens with zero attached hydrogens (tertiary/aromatic N) is 1. The Morgan fingerprint density at radius 1 is 1.54 bits per heavy atom. The van der Waals surface area contributed by atoms with Gasteiger partial charge in [-0.25, -0.2) is 0 Å². The van der Waals surface area contributed by atoms with Crippen molar-refractivity contribution in [3.05, 3.63) is 0 Å². The molecule has 7 heteroatoms. The third-order valence-corrected chi connectivity index (χ3v) is 1.68. The first-order valence-corrected chi connectivity index (χ1v) is 3.65. The zero-order valence-electron chi connectivity index (χ0n) is 6.67. The van der Waals surface area contributed by atoms with Gasteiger partial charge in [-0.05, 0) is 0 Å². The minimum Gasteiger partial charge on any atom is -0.336 e. The van der Waals surface area contributed by atoms with Gasteiger partial charge in [0.1, 0.15) is 6.10 Å². The lowest BCUT2D eigenvalue weighted by Crippen LogP contribution is -2.57. The summed E-state index contributed by atoms with van der Waals surface area (Å²) in [4.78, 5) is 12.0. The summed E-state index contributed by atoms with van der Waals surface area (Å²) in [5.41, 5.74) is 5.00. The highest BCUT2D eigenvalue weighted by molar-refractivity contribution is 5.78. The van der Waals surface area contributed by atoms with E-state index in [1.54, 1.807) is 0 Å². The van der Waals surface area contributed by atoms with Crippen LogP contribution in [0.15, 0.2) is 0 Å². The largest absolute Gasteiger partial charge is 0.522 e. The smallest absolute Gasteiger partial charge is 0.336 e. The minimum atomic E-state index is -4.62. The summed E-state index contributed by atoms with van der Waals surface area (Å²) in [7, 11) is 0. The highest BCUT2D eigenvalue weighted by atomic mass is 19.4. The van der Waals surface area contributed by atoms with Crippen molar-refractivity contribution in [1.82, 2.24) is 4.90 Å². The zero-order chi connectivity index (χ0) is 10.1. The van der Waals surface area contributed by atoms with Gasteiger partial charge in [-0.2, -0.15) is 0 Å². The lowest BCUT2D eigenvalue weighted by atomic mass is 10.1. The molecule has 0 spiro atoms. The number of rotatable bonds is 2. The van der Waals surface area contributed by atoms with Gasteiger partial charge in [0, 0.05) is 13.1 Å². The number of hydrogen-bond acceptors (Lipinski definition) is 3. The number of halogens is 3. The van der Waals surface area contributed by atoms with E-state index in [-0.39, 0.29) is 25.5 Å². The number of nitrogens with two attached hydrogens (primary N) is 1. The predicted molar refractivity (Wildman–Crippen MR) is 36.6 cm³/mol. The molecule has 1 saturated heterocycles. The first-order valence-electron chi connectivity index (χ1n) is 3.65. The molecule has 1 aliphatic rings. The van der Waals surface area contributed by atoms with Gasteiger partial charge in [0.2, 0.25) is 5.91 Å². The Bertz CT molecular complexity index is 201. The molecular formula is C6H9F3N2O2. The number of ether oxygens (including phenoxy) is 1. The van der Waals surface area contributed by atoms with Gasteiger partial charge in [-0.15, -0.1) is 13.2 Å². The maximum Gasteiger partial charge on any atom is 0.522 e. The second kappa shape index (κ2) is 3.51. The molecule has 0 aromatic heterocycles. The fraction of sp³-hybridized carbons (Fsp3) is 0.833. The normalized spacial score (nSPS) is 18.6. The van der Waals surface area contributed by atoms with Crippen molar-refractivity contribution in [1.29, 1.82) is 0 Å². The molecule has 1 fully saturated rings. The highest BCUT2D eigenvalue weighted by Crippen LogP contribution is 2.23. The summed E-state index contributed by atoms with van der Waals surface area (Å²) in [5.74, 6) is -0.359. The van der Waals surface area contributed by atoms with Crippen LogP contribution in [0.2, 0.25) is 0 Å². The summed E-state index contributed by atoms with van der Waals surface area (Å²) in [5, 5.41) is 0. The lowest BCUT2D eigenvalue weighted by molar-refractivity contribution is -0.353. The van der Waals surface area contributed by atoms with E-state index >= 15 is 0 Å². The summed E-state index contributed by atoms with van der Waals surface area (Å²) in [6, 6.07) is 0. The summed E-state index contributed by atoms with van der Waals surface area (Å²) >= 11 is 0. The van der Waals surface area contributed by atoms with Gasteiger partial charge >= 0.3 is 6.36 Å². The van der Waals surface area contributed by atoms with E-state index in [2.05, 4.69) is 4.74 Å². The molecule has 0 aromatic carbocycles. The Labute approximate surface area is 72.4 Å². The fourth-order valence-corrected chi connectivity index (χ4v) is 1.03. The lowest BCUT2D eigenvalue weighted by Gasteiger charge is -2.38. The van der Waals surface area contributed by atoms with Crippen LogP contribution in [0, 0.1) is 0 Å². The van der Waals surface area contributed by atoms with E-state index in [0.717, 1.165) is 0 Å². The molecule has 1 heterocycles. The van der Waals surface area contributed by atoms with E-state index in [1.165, 1.54) is 4.90 Å². The second-order valence-corrected chi connectivity index (χ2v) is 2.69. The Kier molecular flexibility index (Phi) is 2.77. The molecule has 0 aliphatic carbocycles. The van der Waals surface area contributed by atoms with Gasteiger partial charge in [0.15, 0.2) is 0 Å². The Hall–Kier alpha value is -0.820. The van der Waals surface area contributed by atoms with Crippen LogP contribution < -0.4 is 5.73 Å². The molecule has 76 valence electrons. The van der Waals surface area contributed by atoms with E-state index in [0.29, 0.717) is 0 Å².